The predicted octanol–water partition coefficient (Wildman–Crippen LogP) is 5.24. The number of amides is 3. The van der Waals surface area contributed by atoms with E-state index in [1.54, 1.807) is 4.90 Å². The van der Waals surface area contributed by atoms with E-state index in [0.717, 1.165) is 51.9 Å². The van der Waals surface area contributed by atoms with Gasteiger partial charge in [0.15, 0.2) is 0 Å². The van der Waals surface area contributed by atoms with Crippen molar-refractivity contribution in [2.45, 2.75) is 82.3 Å². The fourth-order valence-electron chi connectivity index (χ4n) is 8.09. The van der Waals surface area contributed by atoms with Crippen molar-refractivity contribution >= 4 is 17.6 Å². The van der Waals surface area contributed by atoms with E-state index in [1.807, 2.05) is 0 Å². The van der Waals surface area contributed by atoms with Crippen LogP contribution >= 0.6 is 0 Å². The van der Waals surface area contributed by atoms with Crippen LogP contribution in [0.1, 0.15) is 68.1 Å². The molecule has 6 heteroatoms. The minimum atomic E-state index is -0.662. The molecule has 2 aromatic carbocycles. The van der Waals surface area contributed by atoms with Gasteiger partial charge in [-0.05, 0) is 86.1 Å². The minimum Gasteiger partial charge on any atom is -0.372 e. The van der Waals surface area contributed by atoms with Crippen LogP contribution in [0.4, 0.5) is 10.5 Å². The normalized spacial score (nSPS) is 24.1. The zero-order chi connectivity index (χ0) is 26.4. The predicted molar refractivity (Wildman–Crippen MR) is 154 cm³/mol. The van der Waals surface area contributed by atoms with Gasteiger partial charge in [-0.3, -0.25) is 14.6 Å². The van der Waals surface area contributed by atoms with Crippen molar-refractivity contribution in [1.29, 1.82) is 0 Å². The summed E-state index contributed by atoms with van der Waals surface area (Å²) in [6, 6.07) is 17.5. The Kier molecular flexibility index (Phi) is 6.62. The highest BCUT2D eigenvalue weighted by molar-refractivity contribution is 6.07. The number of rotatable bonds is 6. The van der Waals surface area contributed by atoms with Crippen LogP contribution in [0.2, 0.25) is 0 Å². The van der Waals surface area contributed by atoms with Gasteiger partial charge in [0.1, 0.15) is 5.54 Å². The van der Waals surface area contributed by atoms with Gasteiger partial charge in [0.25, 0.3) is 5.91 Å². The Bertz CT molecular complexity index is 1180. The molecule has 206 valence electrons. The molecule has 1 spiro atoms. The molecule has 6 nitrogen and oxygen atoms in total. The number of likely N-dealkylation sites (tertiary alicyclic amines) is 1. The van der Waals surface area contributed by atoms with E-state index in [0.29, 0.717) is 5.92 Å². The standard InChI is InChI=1S/C33H42N4O2/c38-31-33(15-19-34(20-16-33)23-26-11-13-29(14-12-26)35-17-5-6-18-35)36(24-25-7-1-2-8-25)32(39)37(31)30-21-27-9-3-4-10-28(27)22-30/h3-4,9-14,25,30H,1-2,5-8,15-24H2. The monoisotopic (exact) mass is 526 g/mol. The summed E-state index contributed by atoms with van der Waals surface area (Å²) in [4.78, 5) is 37.0. The Morgan fingerprint density at radius 2 is 1.41 bits per heavy atom. The Labute approximate surface area is 232 Å². The summed E-state index contributed by atoms with van der Waals surface area (Å²) in [6.07, 6.45) is 10.5. The first kappa shape index (κ1) is 25.1. The second-order valence-electron chi connectivity index (χ2n) is 12.7. The molecule has 4 fully saturated rings. The quantitative estimate of drug-likeness (QED) is 0.483. The summed E-state index contributed by atoms with van der Waals surface area (Å²) in [7, 11) is 0. The zero-order valence-electron chi connectivity index (χ0n) is 23.2. The van der Waals surface area contributed by atoms with Crippen LogP contribution < -0.4 is 4.90 Å². The summed E-state index contributed by atoms with van der Waals surface area (Å²) >= 11 is 0. The van der Waals surface area contributed by atoms with Crippen molar-refractivity contribution in [2.24, 2.45) is 5.92 Å². The molecule has 3 saturated heterocycles. The molecule has 0 bridgehead atoms. The number of urea groups is 1. The third-order valence-electron chi connectivity index (χ3n) is 10.4. The number of carbonyl (C=O) groups excluding carboxylic acids is 2. The smallest absolute Gasteiger partial charge is 0.327 e. The van der Waals surface area contributed by atoms with E-state index < -0.39 is 5.54 Å². The van der Waals surface area contributed by atoms with Gasteiger partial charge in [-0.1, -0.05) is 49.2 Å². The molecule has 0 atom stereocenters. The molecule has 0 aromatic heterocycles. The lowest BCUT2D eigenvalue weighted by atomic mass is 9.84. The first-order chi connectivity index (χ1) is 19.1. The van der Waals surface area contributed by atoms with Crippen LogP contribution in [0.15, 0.2) is 48.5 Å². The van der Waals surface area contributed by atoms with E-state index >= 15 is 0 Å². The van der Waals surface area contributed by atoms with E-state index in [1.165, 1.54) is 74.0 Å². The lowest BCUT2D eigenvalue weighted by Gasteiger charge is -2.43. The average Bonchev–Trinajstić information content (AvgIpc) is 3.77. The first-order valence-electron chi connectivity index (χ1n) is 15.4. The SMILES string of the molecule is O=C1N(C2Cc3ccccc3C2)C(=O)C2(CCN(Cc3ccc(N4CCCC4)cc3)CC2)N1CC1CCCC1. The van der Waals surface area contributed by atoms with Crippen molar-refractivity contribution in [3.63, 3.8) is 0 Å². The number of nitrogens with zero attached hydrogens (tertiary/aromatic N) is 4. The van der Waals surface area contributed by atoms with Crippen molar-refractivity contribution in [1.82, 2.24) is 14.7 Å². The molecule has 0 N–H and O–H groups in total. The van der Waals surface area contributed by atoms with Crippen LogP contribution in [-0.2, 0) is 24.2 Å². The summed E-state index contributed by atoms with van der Waals surface area (Å²) in [6.45, 7) is 5.70. The summed E-state index contributed by atoms with van der Waals surface area (Å²) < 4.78 is 0. The van der Waals surface area contributed by atoms with Crippen LogP contribution in [0, 0.1) is 5.92 Å². The van der Waals surface area contributed by atoms with E-state index in [4.69, 9.17) is 0 Å². The average molecular weight is 527 g/mol. The molecule has 2 aromatic rings. The largest absolute Gasteiger partial charge is 0.372 e. The summed E-state index contributed by atoms with van der Waals surface area (Å²) in [5, 5.41) is 0. The molecule has 5 aliphatic rings. The van der Waals surface area contributed by atoms with E-state index in [9.17, 15) is 9.59 Å². The molecule has 1 saturated carbocycles. The van der Waals surface area contributed by atoms with E-state index in [2.05, 4.69) is 63.2 Å². The fraction of sp³-hybridized carbons (Fsp3) is 0.576. The van der Waals surface area contributed by atoms with Crippen molar-refractivity contribution in [3.8, 4) is 0 Å². The summed E-state index contributed by atoms with van der Waals surface area (Å²) in [5.74, 6) is 0.615. The molecule has 2 aliphatic carbocycles. The van der Waals surface area contributed by atoms with Crippen LogP contribution in [0.5, 0.6) is 0 Å². The van der Waals surface area contributed by atoms with Crippen molar-refractivity contribution in [2.75, 3.05) is 37.6 Å². The number of carbonyl (C=O) groups is 2. The molecule has 0 radical (unpaired) electrons. The van der Waals surface area contributed by atoms with Gasteiger partial charge in [-0.2, -0.15) is 0 Å². The maximum Gasteiger partial charge on any atom is 0.327 e. The third-order valence-corrected chi connectivity index (χ3v) is 10.4. The van der Waals surface area contributed by atoms with Gasteiger partial charge >= 0.3 is 6.03 Å². The lowest BCUT2D eigenvalue weighted by Crippen LogP contribution is -2.57. The van der Waals surface area contributed by atoms with E-state index in [-0.39, 0.29) is 18.0 Å². The fourth-order valence-corrected chi connectivity index (χ4v) is 8.09. The Hall–Kier alpha value is -2.86. The highest BCUT2D eigenvalue weighted by atomic mass is 16.2. The maximum absolute atomic E-state index is 14.3. The maximum atomic E-state index is 14.3. The topological polar surface area (TPSA) is 47.1 Å². The van der Waals surface area contributed by atoms with Crippen LogP contribution in [-0.4, -0.2) is 70.9 Å². The van der Waals surface area contributed by atoms with Gasteiger partial charge in [0.2, 0.25) is 0 Å². The number of imide groups is 1. The summed E-state index contributed by atoms with van der Waals surface area (Å²) in [5.41, 5.74) is 4.58. The van der Waals surface area contributed by atoms with Gasteiger partial charge in [-0.15, -0.1) is 0 Å². The number of hydrogen-bond acceptors (Lipinski definition) is 4. The van der Waals surface area contributed by atoms with Crippen molar-refractivity contribution in [3.05, 3.63) is 65.2 Å². The number of benzene rings is 2. The number of piperidine rings is 1. The van der Waals surface area contributed by atoms with Crippen molar-refractivity contribution < 1.29 is 9.59 Å². The molecular weight excluding hydrogens is 484 g/mol. The second kappa shape index (κ2) is 10.3. The molecule has 3 heterocycles. The van der Waals surface area contributed by atoms with Gasteiger partial charge in [0, 0.05) is 51.0 Å². The number of hydrogen-bond donors (Lipinski definition) is 0. The number of anilines is 1. The number of fused-ring (bicyclic) bond motifs is 1. The van der Waals surface area contributed by atoms with Crippen LogP contribution in [0.25, 0.3) is 0 Å². The Morgan fingerprint density at radius 1 is 0.769 bits per heavy atom. The van der Waals surface area contributed by atoms with Crippen LogP contribution in [0.3, 0.4) is 0 Å². The second-order valence-corrected chi connectivity index (χ2v) is 12.7. The minimum absolute atomic E-state index is 0.0179. The third kappa shape index (κ3) is 4.55. The van der Waals surface area contributed by atoms with Gasteiger partial charge < -0.3 is 9.80 Å². The molecule has 7 rings (SSSR count). The highest BCUT2D eigenvalue weighted by Crippen LogP contribution is 2.42. The Morgan fingerprint density at radius 3 is 2.05 bits per heavy atom. The Balaban J connectivity index is 1.07. The highest BCUT2D eigenvalue weighted by Gasteiger charge is 2.60. The zero-order valence-corrected chi connectivity index (χ0v) is 23.2. The molecule has 3 amide bonds. The molecular formula is C33H42N4O2. The first-order valence-corrected chi connectivity index (χ1v) is 15.4. The molecule has 0 unspecified atom stereocenters. The van der Waals surface area contributed by atoms with Gasteiger partial charge in [0.05, 0.1) is 0 Å². The molecule has 3 aliphatic heterocycles. The lowest BCUT2D eigenvalue weighted by molar-refractivity contribution is -0.137. The van der Waals surface area contributed by atoms with Gasteiger partial charge in [-0.25, -0.2) is 4.79 Å². The molecule has 39 heavy (non-hydrogen) atoms.